The second-order valence-corrected chi connectivity index (χ2v) is 12.7. The summed E-state index contributed by atoms with van der Waals surface area (Å²) in [7, 11) is 6.59. The monoisotopic (exact) mass is 565 g/mol. The summed E-state index contributed by atoms with van der Waals surface area (Å²) >= 11 is 0. The van der Waals surface area contributed by atoms with Gasteiger partial charge in [0.15, 0.2) is 0 Å². The van der Waals surface area contributed by atoms with E-state index in [1.165, 1.54) is 0 Å². The molecular formula is C33H49N4O4+. The van der Waals surface area contributed by atoms with Crippen molar-refractivity contribution in [1.82, 2.24) is 14.8 Å². The van der Waals surface area contributed by atoms with Crippen LogP contribution in [0.2, 0.25) is 0 Å². The van der Waals surface area contributed by atoms with Crippen LogP contribution >= 0.6 is 0 Å². The minimum atomic E-state index is -0.795. The van der Waals surface area contributed by atoms with Crippen molar-refractivity contribution in [3.8, 4) is 5.75 Å². The number of ether oxygens (including phenoxy) is 1. The summed E-state index contributed by atoms with van der Waals surface area (Å²) in [5, 5.41) is 10.5. The number of carbonyl (C=O) groups excluding carboxylic acids is 1. The van der Waals surface area contributed by atoms with Gasteiger partial charge < -0.3 is 19.2 Å². The molecule has 8 nitrogen and oxygen atoms in total. The molecule has 0 aliphatic carbocycles. The number of carboxylic acid groups (broad SMARTS) is 1. The number of unbranched alkanes of at least 4 members (excludes halogenated alkanes) is 2. The molecule has 2 aliphatic rings. The number of likely N-dealkylation sites (tertiary alicyclic amines) is 1. The smallest absolute Gasteiger partial charge is 0.308 e. The minimum absolute atomic E-state index is 0.110. The lowest BCUT2D eigenvalue weighted by Gasteiger charge is -2.30. The molecule has 1 saturated heterocycles. The van der Waals surface area contributed by atoms with E-state index < -0.39 is 11.9 Å². The lowest BCUT2D eigenvalue weighted by Crippen LogP contribution is -2.45. The molecule has 2 aliphatic heterocycles. The number of carboxylic acids is 1. The third-order valence-electron chi connectivity index (χ3n) is 8.58. The van der Waals surface area contributed by atoms with Crippen LogP contribution in [0.15, 0.2) is 42.6 Å². The molecule has 0 unspecified atom stereocenters. The van der Waals surface area contributed by atoms with Crippen molar-refractivity contribution >= 4 is 11.9 Å². The Balaban J connectivity index is 1.54. The number of hydrogen-bond acceptors (Lipinski definition) is 5. The van der Waals surface area contributed by atoms with Crippen molar-refractivity contribution in [3.63, 3.8) is 0 Å². The van der Waals surface area contributed by atoms with E-state index in [1.54, 1.807) is 6.20 Å². The van der Waals surface area contributed by atoms with Crippen LogP contribution < -0.4 is 4.74 Å². The molecule has 2 aromatic rings. The quantitative estimate of drug-likeness (QED) is 0.257. The van der Waals surface area contributed by atoms with Crippen LogP contribution in [0.25, 0.3) is 0 Å². The van der Waals surface area contributed by atoms with Gasteiger partial charge in [0.25, 0.3) is 0 Å². The van der Waals surface area contributed by atoms with Crippen LogP contribution in [-0.4, -0.2) is 103 Å². The largest absolute Gasteiger partial charge is 0.493 e. The zero-order chi connectivity index (χ0) is 29.4. The first-order valence-electron chi connectivity index (χ1n) is 15.4. The second-order valence-electron chi connectivity index (χ2n) is 12.7. The molecule has 224 valence electrons. The highest BCUT2D eigenvalue weighted by Gasteiger charge is 2.47. The predicted octanol–water partition coefficient (Wildman–Crippen LogP) is 4.23. The fourth-order valence-corrected chi connectivity index (χ4v) is 6.34. The SMILES string of the molecule is CCCCN(CCCC[N+](C)(C)C)C(=O)CN1C[C@H](c2ccc3c(c2)CCO3)[C@@H](C(=O)O)[C@@H]1CCc1ccccn1. The Morgan fingerprint density at radius 2 is 1.93 bits per heavy atom. The highest BCUT2D eigenvalue weighted by atomic mass is 16.5. The fourth-order valence-electron chi connectivity index (χ4n) is 6.34. The Morgan fingerprint density at radius 3 is 2.63 bits per heavy atom. The molecule has 1 aromatic carbocycles. The van der Waals surface area contributed by atoms with E-state index in [4.69, 9.17) is 4.74 Å². The van der Waals surface area contributed by atoms with Crippen LogP contribution in [0.5, 0.6) is 5.75 Å². The number of amides is 1. The molecule has 1 aromatic heterocycles. The maximum absolute atomic E-state index is 13.8. The van der Waals surface area contributed by atoms with Crippen LogP contribution in [0.3, 0.4) is 0 Å². The van der Waals surface area contributed by atoms with Gasteiger partial charge in [0.1, 0.15) is 5.75 Å². The summed E-state index contributed by atoms with van der Waals surface area (Å²) in [4.78, 5) is 35.3. The van der Waals surface area contributed by atoms with Crippen molar-refractivity contribution in [2.24, 2.45) is 5.92 Å². The Morgan fingerprint density at radius 1 is 1.12 bits per heavy atom. The van der Waals surface area contributed by atoms with E-state index in [-0.39, 0.29) is 24.4 Å². The maximum Gasteiger partial charge on any atom is 0.308 e. The number of rotatable bonds is 15. The molecule has 8 heteroatoms. The van der Waals surface area contributed by atoms with E-state index in [0.717, 1.165) is 78.8 Å². The van der Waals surface area contributed by atoms with Gasteiger partial charge in [0, 0.05) is 49.9 Å². The van der Waals surface area contributed by atoms with Crippen molar-refractivity contribution in [2.45, 2.75) is 63.8 Å². The molecule has 0 saturated carbocycles. The third kappa shape index (κ3) is 8.52. The van der Waals surface area contributed by atoms with Gasteiger partial charge in [-0.15, -0.1) is 0 Å². The molecule has 41 heavy (non-hydrogen) atoms. The number of benzene rings is 1. The number of aromatic nitrogens is 1. The Labute approximate surface area is 245 Å². The summed E-state index contributed by atoms with van der Waals surface area (Å²) in [6.07, 6.45) is 8.00. The van der Waals surface area contributed by atoms with Crippen LogP contribution in [0.1, 0.15) is 61.8 Å². The van der Waals surface area contributed by atoms with Gasteiger partial charge in [0.05, 0.1) is 46.8 Å². The Hall–Kier alpha value is -2.97. The molecule has 4 rings (SSSR count). The second kappa shape index (κ2) is 14.3. The van der Waals surface area contributed by atoms with E-state index in [9.17, 15) is 14.7 Å². The van der Waals surface area contributed by atoms with Crippen molar-refractivity contribution in [3.05, 3.63) is 59.4 Å². The minimum Gasteiger partial charge on any atom is -0.493 e. The predicted molar refractivity (Wildman–Crippen MR) is 161 cm³/mol. The van der Waals surface area contributed by atoms with E-state index >= 15 is 0 Å². The standard InChI is InChI=1S/C33H48N4O4/c1-5-6-18-35(19-9-10-20-37(2,3)4)31(38)24-36-23-28(25-12-15-30-26(22-25)16-21-41-30)32(33(39)40)29(36)14-13-27-11-7-8-17-34-27/h7-8,11-12,15,17,22,28-29,32H,5-6,9-10,13-14,16,18-21,23-24H2,1-4H3/p+1/t28-,29+,32-/m1/s1. The Bertz CT molecular complexity index is 1150. The highest BCUT2D eigenvalue weighted by Crippen LogP contribution is 2.41. The number of aryl methyl sites for hydroxylation is 1. The van der Waals surface area contributed by atoms with Gasteiger partial charge >= 0.3 is 5.97 Å². The Kier molecular flexibility index (Phi) is 10.8. The van der Waals surface area contributed by atoms with Crippen LogP contribution in [0.4, 0.5) is 0 Å². The number of nitrogens with zero attached hydrogens (tertiary/aromatic N) is 4. The molecular weight excluding hydrogens is 516 g/mol. The lowest BCUT2D eigenvalue weighted by atomic mass is 9.83. The molecule has 0 spiro atoms. The third-order valence-corrected chi connectivity index (χ3v) is 8.58. The van der Waals surface area contributed by atoms with E-state index in [1.807, 2.05) is 35.2 Å². The van der Waals surface area contributed by atoms with E-state index in [2.05, 4.69) is 44.0 Å². The van der Waals surface area contributed by atoms with Crippen molar-refractivity contribution in [2.75, 3.05) is 60.5 Å². The topological polar surface area (TPSA) is 83.0 Å². The first-order chi connectivity index (χ1) is 19.7. The number of aliphatic carboxylic acids is 1. The number of carbonyl (C=O) groups is 2. The first-order valence-corrected chi connectivity index (χ1v) is 15.4. The van der Waals surface area contributed by atoms with Crippen molar-refractivity contribution in [1.29, 1.82) is 0 Å². The van der Waals surface area contributed by atoms with Crippen molar-refractivity contribution < 1.29 is 23.9 Å². The number of fused-ring (bicyclic) bond motifs is 1. The molecule has 0 radical (unpaired) electrons. The van der Waals surface area contributed by atoms with Gasteiger partial charge in [-0.05, 0) is 61.4 Å². The summed E-state index contributed by atoms with van der Waals surface area (Å²) in [5.74, 6) is -0.571. The van der Waals surface area contributed by atoms with Crippen LogP contribution in [0, 0.1) is 5.92 Å². The van der Waals surface area contributed by atoms with Gasteiger partial charge in [-0.3, -0.25) is 19.5 Å². The maximum atomic E-state index is 13.8. The lowest BCUT2D eigenvalue weighted by molar-refractivity contribution is -0.870. The van der Waals surface area contributed by atoms with Gasteiger partial charge in [-0.1, -0.05) is 31.5 Å². The van der Waals surface area contributed by atoms with Gasteiger partial charge in [0.2, 0.25) is 5.91 Å². The molecule has 1 N–H and O–H groups in total. The van der Waals surface area contributed by atoms with Gasteiger partial charge in [-0.2, -0.15) is 0 Å². The summed E-state index contributed by atoms with van der Waals surface area (Å²) in [6, 6.07) is 11.7. The zero-order valence-corrected chi connectivity index (χ0v) is 25.4. The number of quaternary nitrogens is 1. The zero-order valence-electron chi connectivity index (χ0n) is 25.4. The highest BCUT2D eigenvalue weighted by molar-refractivity contribution is 5.79. The molecule has 3 heterocycles. The molecule has 1 fully saturated rings. The van der Waals surface area contributed by atoms with Gasteiger partial charge in [-0.25, -0.2) is 0 Å². The number of hydrogen-bond donors (Lipinski definition) is 1. The first kappa shape index (κ1) is 31.0. The number of pyridine rings is 1. The average molecular weight is 566 g/mol. The van der Waals surface area contributed by atoms with E-state index in [0.29, 0.717) is 26.0 Å². The normalized spacial score (nSPS) is 20.5. The summed E-state index contributed by atoms with van der Waals surface area (Å²) in [6.45, 7) is 6.20. The summed E-state index contributed by atoms with van der Waals surface area (Å²) < 4.78 is 6.62. The molecule has 0 bridgehead atoms. The average Bonchev–Trinajstić information content (AvgIpc) is 3.55. The molecule has 1 amide bonds. The molecule has 3 atom stereocenters. The summed E-state index contributed by atoms with van der Waals surface area (Å²) in [5.41, 5.74) is 3.12. The fraction of sp³-hybridized carbons (Fsp3) is 0.606. The van der Waals surface area contributed by atoms with Crippen LogP contribution in [-0.2, 0) is 22.4 Å².